The molecule has 94 valence electrons. The van der Waals surface area contributed by atoms with Crippen molar-refractivity contribution in [2.75, 3.05) is 31.3 Å². The summed E-state index contributed by atoms with van der Waals surface area (Å²) < 4.78 is 24.4. The van der Waals surface area contributed by atoms with Crippen LogP contribution in [-0.2, 0) is 9.84 Å². The van der Waals surface area contributed by atoms with Crippen molar-refractivity contribution in [3.63, 3.8) is 0 Å². The Bertz CT molecular complexity index is 525. The summed E-state index contributed by atoms with van der Waals surface area (Å²) in [5.41, 5.74) is 1.85. The molecule has 0 aliphatic carbocycles. The van der Waals surface area contributed by atoms with Crippen molar-refractivity contribution in [3.8, 4) is 0 Å². The zero-order valence-corrected chi connectivity index (χ0v) is 11.2. The molecule has 17 heavy (non-hydrogen) atoms. The van der Waals surface area contributed by atoms with Gasteiger partial charge in [0.2, 0.25) is 0 Å². The lowest BCUT2D eigenvalue weighted by molar-refractivity contribution is 0.560. The van der Waals surface area contributed by atoms with Gasteiger partial charge in [0.25, 0.3) is 0 Å². The summed E-state index contributed by atoms with van der Waals surface area (Å²) in [6.07, 6.45) is 0. The van der Waals surface area contributed by atoms with Gasteiger partial charge < -0.3 is 10.2 Å². The molecule has 0 amide bonds. The number of para-hydroxylation sites is 1. The molecule has 0 bridgehead atoms. The van der Waals surface area contributed by atoms with Crippen molar-refractivity contribution in [1.82, 2.24) is 5.32 Å². The summed E-state index contributed by atoms with van der Waals surface area (Å²) in [4.78, 5) is 2.54. The maximum absolute atomic E-state index is 12.2. The van der Waals surface area contributed by atoms with E-state index in [1.54, 1.807) is 12.1 Å². The van der Waals surface area contributed by atoms with Crippen molar-refractivity contribution in [3.05, 3.63) is 23.8 Å². The molecule has 4 nitrogen and oxygen atoms in total. The minimum atomic E-state index is -3.15. The van der Waals surface area contributed by atoms with E-state index < -0.39 is 9.84 Å². The van der Waals surface area contributed by atoms with Crippen LogP contribution in [0, 0.1) is 6.92 Å². The van der Waals surface area contributed by atoms with Crippen molar-refractivity contribution in [2.24, 2.45) is 0 Å². The van der Waals surface area contributed by atoms with Gasteiger partial charge in [0, 0.05) is 13.6 Å². The van der Waals surface area contributed by atoms with Gasteiger partial charge in [0.1, 0.15) is 0 Å². The van der Waals surface area contributed by atoms with Gasteiger partial charge in [-0.3, -0.25) is 0 Å². The Labute approximate surface area is 103 Å². The first kappa shape index (κ1) is 12.4. The highest BCUT2D eigenvalue weighted by Crippen LogP contribution is 2.34. The first-order chi connectivity index (χ1) is 7.97. The summed E-state index contributed by atoms with van der Waals surface area (Å²) in [7, 11) is 0.651. The number of nitrogens with one attached hydrogen (secondary N) is 1. The molecule has 2 rings (SSSR count). The first-order valence-electron chi connectivity index (χ1n) is 5.67. The number of hydrogen-bond donors (Lipinski definition) is 1. The van der Waals surface area contributed by atoms with Crippen molar-refractivity contribution in [2.45, 2.75) is 17.9 Å². The number of nitrogens with zero attached hydrogens (tertiary/aromatic N) is 1. The predicted octanol–water partition coefficient (Wildman–Crippen LogP) is 0.807. The lowest BCUT2D eigenvalue weighted by atomic mass is 10.1. The number of rotatable bonds is 2. The summed E-state index contributed by atoms with van der Waals surface area (Å²) in [6, 6.07) is 5.45. The Morgan fingerprint density at radius 2 is 2.18 bits per heavy atom. The summed E-state index contributed by atoms with van der Waals surface area (Å²) in [5.74, 6) is 0.181. The van der Waals surface area contributed by atoms with Gasteiger partial charge >= 0.3 is 0 Å². The molecule has 1 aromatic rings. The van der Waals surface area contributed by atoms with Crippen LogP contribution in [0.3, 0.4) is 0 Å². The summed E-state index contributed by atoms with van der Waals surface area (Å²) >= 11 is 0. The monoisotopic (exact) mass is 254 g/mol. The largest absolute Gasteiger partial charge is 0.368 e. The molecule has 1 atom stereocenters. The molecule has 0 radical (unpaired) electrons. The molecule has 1 unspecified atom stereocenters. The van der Waals surface area contributed by atoms with E-state index in [9.17, 15) is 8.42 Å². The quantitative estimate of drug-likeness (QED) is 0.848. The smallest absolute Gasteiger partial charge is 0.182 e. The van der Waals surface area contributed by atoms with E-state index in [1.807, 2.05) is 27.1 Å². The number of benzene rings is 1. The number of hydrogen-bond acceptors (Lipinski definition) is 4. The van der Waals surface area contributed by atoms with Gasteiger partial charge in [-0.15, -0.1) is 0 Å². The molecule has 0 aromatic heterocycles. The highest BCUT2D eigenvalue weighted by atomic mass is 32.2. The van der Waals surface area contributed by atoms with Gasteiger partial charge in [0.05, 0.1) is 22.4 Å². The number of sulfone groups is 1. The standard InChI is InChI=1S/C12H18N2O2S/c1-9-5-4-6-11-12(9)14(3)10(7-13-2)8-17(11,15)16/h4-6,10,13H,7-8H2,1-3H3. The van der Waals surface area contributed by atoms with Crippen LogP contribution in [0.15, 0.2) is 23.1 Å². The van der Waals surface area contributed by atoms with Crippen LogP contribution in [0.5, 0.6) is 0 Å². The lowest BCUT2D eigenvalue weighted by Crippen LogP contribution is -2.47. The molecule has 1 aliphatic rings. The zero-order chi connectivity index (χ0) is 12.6. The number of aryl methyl sites for hydroxylation is 1. The van der Waals surface area contributed by atoms with E-state index in [0.717, 1.165) is 11.3 Å². The van der Waals surface area contributed by atoms with Crippen LogP contribution in [0.2, 0.25) is 0 Å². The van der Waals surface area contributed by atoms with Gasteiger partial charge in [0.15, 0.2) is 9.84 Å². The maximum atomic E-state index is 12.2. The molecular weight excluding hydrogens is 236 g/mol. The normalized spacial score (nSPS) is 22.3. The lowest BCUT2D eigenvalue weighted by Gasteiger charge is -2.36. The Morgan fingerprint density at radius 1 is 1.47 bits per heavy atom. The minimum absolute atomic E-state index is 0.00130. The fourth-order valence-electron chi connectivity index (χ4n) is 2.40. The van der Waals surface area contributed by atoms with Crippen LogP contribution < -0.4 is 10.2 Å². The van der Waals surface area contributed by atoms with E-state index in [0.29, 0.717) is 11.4 Å². The fraction of sp³-hybridized carbons (Fsp3) is 0.500. The van der Waals surface area contributed by atoms with Gasteiger partial charge in [-0.1, -0.05) is 12.1 Å². The second kappa shape index (κ2) is 4.31. The highest BCUT2D eigenvalue weighted by Gasteiger charge is 2.34. The topological polar surface area (TPSA) is 49.4 Å². The molecule has 1 aromatic carbocycles. The van der Waals surface area contributed by atoms with E-state index in [-0.39, 0.29) is 11.8 Å². The number of fused-ring (bicyclic) bond motifs is 1. The molecule has 0 saturated heterocycles. The maximum Gasteiger partial charge on any atom is 0.182 e. The molecule has 1 N–H and O–H groups in total. The molecule has 0 spiro atoms. The zero-order valence-electron chi connectivity index (χ0n) is 10.4. The van der Waals surface area contributed by atoms with E-state index >= 15 is 0 Å². The molecular formula is C12H18N2O2S. The third-order valence-corrected chi connectivity index (χ3v) is 5.11. The fourth-order valence-corrected chi connectivity index (χ4v) is 4.32. The predicted molar refractivity (Wildman–Crippen MR) is 69.3 cm³/mol. The van der Waals surface area contributed by atoms with E-state index in [4.69, 9.17) is 0 Å². The van der Waals surface area contributed by atoms with Crippen LogP contribution in [-0.4, -0.2) is 40.9 Å². The second-order valence-corrected chi connectivity index (χ2v) is 6.53. The van der Waals surface area contributed by atoms with Gasteiger partial charge in [-0.2, -0.15) is 0 Å². The molecule has 1 aliphatic heterocycles. The second-order valence-electron chi connectivity index (χ2n) is 4.53. The van der Waals surface area contributed by atoms with Crippen LogP contribution in [0.25, 0.3) is 0 Å². The number of likely N-dealkylation sites (N-methyl/N-ethyl adjacent to an activating group) is 2. The number of anilines is 1. The average molecular weight is 254 g/mol. The third-order valence-electron chi connectivity index (χ3n) is 3.29. The minimum Gasteiger partial charge on any atom is -0.368 e. The summed E-state index contributed by atoms with van der Waals surface area (Å²) in [5, 5.41) is 3.05. The first-order valence-corrected chi connectivity index (χ1v) is 7.32. The molecule has 0 saturated carbocycles. The van der Waals surface area contributed by atoms with Crippen LogP contribution in [0.1, 0.15) is 5.56 Å². The Kier molecular flexibility index (Phi) is 3.14. The van der Waals surface area contributed by atoms with Gasteiger partial charge in [-0.25, -0.2) is 8.42 Å². The SMILES string of the molecule is CNCC1CS(=O)(=O)c2cccc(C)c2N1C. The third kappa shape index (κ3) is 2.05. The summed E-state index contributed by atoms with van der Waals surface area (Å²) in [6.45, 7) is 2.62. The van der Waals surface area contributed by atoms with E-state index in [2.05, 4.69) is 10.2 Å². The van der Waals surface area contributed by atoms with Crippen LogP contribution >= 0.6 is 0 Å². The van der Waals surface area contributed by atoms with Crippen LogP contribution in [0.4, 0.5) is 5.69 Å². The molecule has 0 fully saturated rings. The Morgan fingerprint density at radius 3 is 2.82 bits per heavy atom. The van der Waals surface area contributed by atoms with Crippen molar-refractivity contribution in [1.29, 1.82) is 0 Å². The highest BCUT2D eigenvalue weighted by molar-refractivity contribution is 7.91. The Hall–Kier alpha value is -1.07. The molecule has 1 heterocycles. The van der Waals surface area contributed by atoms with Gasteiger partial charge in [-0.05, 0) is 25.6 Å². The average Bonchev–Trinajstić information content (AvgIpc) is 2.25. The van der Waals surface area contributed by atoms with Crippen molar-refractivity contribution >= 4 is 15.5 Å². The van der Waals surface area contributed by atoms with E-state index in [1.165, 1.54) is 0 Å². The molecule has 5 heteroatoms. The van der Waals surface area contributed by atoms with Crippen molar-refractivity contribution < 1.29 is 8.42 Å². The Balaban J connectivity index is 2.58.